The van der Waals surface area contributed by atoms with Crippen molar-refractivity contribution in [1.82, 2.24) is 9.97 Å². The van der Waals surface area contributed by atoms with Crippen LogP contribution < -0.4 is 0 Å². The van der Waals surface area contributed by atoms with Crippen molar-refractivity contribution in [2.45, 2.75) is 0 Å². The standard InChI is InChI=1S/C18H11FN2/c19-17-10-13-6-7-15-14(16(13)11-21-17)8-9-20-18(15)12-4-2-1-3-5-12/h1-11H. The molecule has 0 spiro atoms. The van der Waals surface area contributed by atoms with E-state index in [1.165, 1.54) is 6.07 Å². The minimum absolute atomic E-state index is 0.459. The van der Waals surface area contributed by atoms with Gasteiger partial charge in [-0.25, -0.2) is 4.98 Å². The first-order valence-corrected chi connectivity index (χ1v) is 6.71. The Morgan fingerprint density at radius 2 is 1.62 bits per heavy atom. The number of aromatic nitrogens is 2. The van der Waals surface area contributed by atoms with Crippen LogP contribution in [0.2, 0.25) is 0 Å². The number of hydrogen-bond acceptors (Lipinski definition) is 2. The van der Waals surface area contributed by atoms with Crippen molar-refractivity contribution in [3.05, 3.63) is 72.9 Å². The lowest BCUT2D eigenvalue weighted by molar-refractivity contribution is 0.586. The summed E-state index contributed by atoms with van der Waals surface area (Å²) in [5.41, 5.74) is 2.00. The second kappa shape index (κ2) is 4.63. The van der Waals surface area contributed by atoms with Gasteiger partial charge in [0.1, 0.15) is 0 Å². The summed E-state index contributed by atoms with van der Waals surface area (Å²) in [6.07, 6.45) is 3.37. The van der Waals surface area contributed by atoms with Crippen LogP contribution >= 0.6 is 0 Å². The highest BCUT2D eigenvalue weighted by atomic mass is 19.1. The molecule has 0 atom stereocenters. The molecule has 0 N–H and O–H groups in total. The van der Waals surface area contributed by atoms with Crippen LogP contribution in [0.15, 0.2) is 67.0 Å². The zero-order valence-corrected chi connectivity index (χ0v) is 11.1. The van der Waals surface area contributed by atoms with Crippen LogP contribution in [0.1, 0.15) is 0 Å². The fourth-order valence-corrected chi connectivity index (χ4v) is 2.68. The van der Waals surface area contributed by atoms with Gasteiger partial charge in [-0.15, -0.1) is 0 Å². The van der Waals surface area contributed by atoms with E-state index >= 15 is 0 Å². The second-order valence-corrected chi connectivity index (χ2v) is 4.91. The Balaban J connectivity index is 2.09. The number of halogens is 1. The van der Waals surface area contributed by atoms with Crippen LogP contribution in [0.4, 0.5) is 4.39 Å². The zero-order valence-electron chi connectivity index (χ0n) is 11.1. The third kappa shape index (κ3) is 1.94. The molecule has 0 saturated heterocycles. The molecule has 2 heterocycles. The van der Waals surface area contributed by atoms with Gasteiger partial charge in [-0.2, -0.15) is 4.39 Å². The van der Waals surface area contributed by atoms with Gasteiger partial charge in [0, 0.05) is 34.8 Å². The van der Waals surface area contributed by atoms with Crippen molar-refractivity contribution < 1.29 is 4.39 Å². The van der Waals surface area contributed by atoms with Crippen LogP contribution in [0.3, 0.4) is 0 Å². The van der Waals surface area contributed by atoms with Gasteiger partial charge in [-0.05, 0) is 16.8 Å². The van der Waals surface area contributed by atoms with Gasteiger partial charge in [-0.3, -0.25) is 4.98 Å². The van der Waals surface area contributed by atoms with E-state index in [0.717, 1.165) is 32.8 Å². The van der Waals surface area contributed by atoms with E-state index in [0.29, 0.717) is 0 Å². The third-order valence-corrected chi connectivity index (χ3v) is 3.66. The molecular weight excluding hydrogens is 263 g/mol. The molecule has 21 heavy (non-hydrogen) atoms. The lowest BCUT2D eigenvalue weighted by atomic mass is 10.00. The van der Waals surface area contributed by atoms with Crippen LogP contribution in [0.25, 0.3) is 32.8 Å². The quantitative estimate of drug-likeness (QED) is 0.375. The normalized spacial score (nSPS) is 11.1. The molecule has 0 bridgehead atoms. The van der Waals surface area contributed by atoms with Gasteiger partial charge in [0.2, 0.25) is 5.95 Å². The van der Waals surface area contributed by atoms with Crippen LogP contribution in [0, 0.1) is 5.95 Å². The first-order valence-electron chi connectivity index (χ1n) is 6.71. The first kappa shape index (κ1) is 12.0. The third-order valence-electron chi connectivity index (χ3n) is 3.66. The fraction of sp³-hybridized carbons (Fsp3) is 0. The first-order chi connectivity index (χ1) is 10.3. The molecule has 2 nitrogen and oxygen atoms in total. The van der Waals surface area contributed by atoms with E-state index < -0.39 is 5.95 Å². The smallest absolute Gasteiger partial charge is 0.213 e. The Kier molecular flexibility index (Phi) is 2.64. The van der Waals surface area contributed by atoms with Gasteiger partial charge in [0.25, 0.3) is 0 Å². The van der Waals surface area contributed by atoms with E-state index in [1.54, 1.807) is 12.4 Å². The Hall–Kier alpha value is -2.81. The average molecular weight is 274 g/mol. The van der Waals surface area contributed by atoms with Gasteiger partial charge in [0.05, 0.1) is 5.69 Å². The summed E-state index contributed by atoms with van der Waals surface area (Å²) < 4.78 is 13.3. The lowest BCUT2D eigenvalue weighted by Crippen LogP contribution is -1.88. The molecule has 0 aliphatic carbocycles. The minimum atomic E-state index is -0.459. The van der Waals surface area contributed by atoms with Gasteiger partial charge in [0.15, 0.2) is 0 Å². The summed E-state index contributed by atoms with van der Waals surface area (Å²) in [5.74, 6) is -0.459. The van der Waals surface area contributed by atoms with Crippen molar-refractivity contribution in [1.29, 1.82) is 0 Å². The number of fused-ring (bicyclic) bond motifs is 3. The fourth-order valence-electron chi connectivity index (χ4n) is 2.68. The van der Waals surface area contributed by atoms with E-state index in [4.69, 9.17) is 0 Å². The van der Waals surface area contributed by atoms with Crippen molar-refractivity contribution >= 4 is 21.5 Å². The van der Waals surface area contributed by atoms with E-state index in [2.05, 4.69) is 9.97 Å². The zero-order chi connectivity index (χ0) is 14.2. The molecule has 4 aromatic rings. The Morgan fingerprint density at radius 1 is 0.762 bits per heavy atom. The molecule has 0 aliphatic heterocycles. The SMILES string of the molecule is Fc1cc2ccc3c(-c4ccccc4)nccc3c2cn1. The molecule has 0 aliphatic rings. The van der Waals surface area contributed by atoms with Crippen LogP contribution in [-0.2, 0) is 0 Å². The number of pyridine rings is 2. The number of benzene rings is 2. The summed E-state index contributed by atoms with van der Waals surface area (Å²) in [6, 6.07) is 17.4. The van der Waals surface area contributed by atoms with E-state index in [-0.39, 0.29) is 0 Å². The van der Waals surface area contributed by atoms with E-state index in [9.17, 15) is 4.39 Å². The van der Waals surface area contributed by atoms with Gasteiger partial charge >= 0.3 is 0 Å². The molecule has 0 saturated carbocycles. The Morgan fingerprint density at radius 3 is 2.48 bits per heavy atom. The van der Waals surface area contributed by atoms with Gasteiger partial charge < -0.3 is 0 Å². The Labute approximate surface area is 120 Å². The van der Waals surface area contributed by atoms with Crippen molar-refractivity contribution in [2.24, 2.45) is 0 Å². The molecule has 0 fully saturated rings. The minimum Gasteiger partial charge on any atom is -0.256 e. The summed E-state index contributed by atoms with van der Waals surface area (Å²) in [5, 5.41) is 3.87. The number of nitrogens with zero attached hydrogens (tertiary/aromatic N) is 2. The van der Waals surface area contributed by atoms with E-state index in [1.807, 2.05) is 48.5 Å². The molecule has 100 valence electrons. The summed E-state index contributed by atoms with van der Waals surface area (Å²) in [7, 11) is 0. The monoisotopic (exact) mass is 274 g/mol. The van der Waals surface area contributed by atoms with Crippen LogP contribution in [-0.4, -0.2) is 9.97 Å². The maximum atomic E-state index is 13.3. The highest BCUT2D eigenvalue weighted by Gasteiger charge is 2.08. The predicted molar refractivity (Wildman–Crippen MR) is 82.4 cm³/mol. The highest BCUT2D eigenvalue weighted by Crippen LogP contribution is 2.31. The summed E-state index contributed by atoms with van der Waals surface area (Å²) in [6.45, 7) is 0. The van der Waals surface area contributed by atoms with Crippen molar-refractivity contribution in [3.63, 3.8) is 0 Å². The molecule has 2 aromatic carbocycles. The largest absolute Gasteiger partial charge is 0.256 e. The van der Waals surface area contributed by atoms with Crippen molar-refractivity contribution in [2.75, 3.05) is 0 Å². The summed E-state index contributed by atoms with van der Waals surface area (Å²) >= 11 is 0. The molecule has 4 rings (SSSR count). The number of hydrogen-bond donors (Lipinski definition) is 0. The summed E-state index contributed by atoms with van der Waals surface area (Å²) in [4.78, 5) is 8.28. The average Bonchev–Trinajstić information content (AvgIpc) is 2.54. The Bertz CT molecular complexity index is 949. The molecule has 3 heteroatoms. The maximum absolute atomic E-state index is 13.3. The lowest BCUT2D eigenvalue weighted by Gasteiger charge is -2.08. The predicted octanol–water partition coefficient (Wildman–Crippen LogP) is 4.59. The highest BCUT2D eigenvalue weighted by molar-refractivity contribution is 6.10. The molecule has 0 unspecified atom stereocenters. The maximum Gasteiger partial charge on any atom is 0.213 e. The van der Waals surface area contributed by atoms with Gasteiger partial charge in [-0.1, -0.05) is 42.5 Å². The topological polar surface area (TPSA) is 25.8 Å². The molecular formula is C18H11FN2. The van der Waals surface area contributed by atoms with Crippen molar-refractivity contribution in [3.8, 4) is 11.3 Å². The van der Waals surface area contributed by atoms with Crippen LogP contribution in [0.5, 0.6) is 0 Å². The molecule has 0 radical (unpaired) electrons. The number of rotatable bonds is 1. The molecule has 2 aromatic heterocycles. The molecule has 0 amide bonds. The second-order valence-electron chi connectivity index (χ2n) is 4.91.